The zero-order valence-electron chi connectivity index (χ0n) is 18.0. The first kappa shape index (κ1) is 23.8. The number of nitrogens with zero attached hydrogens (tertiary/aromatic N) is 4. The SMILES string of the molecule is Cc1nn(Cc2cccc(NC(=O)CCn3nc(C(F)(F)F)c(Cl)c3C3CC3)c2)c(C)c1Br. The van der Waals surface area contributed by atoms with E-state index in [0.717, 1.165) is 34.3 Å². The Balaban J connectivity index is 1.42. The number of rotatable bonds is 7. The van der Waals surface area contributed by atoms with Crippen LogP contribution in [0.5, 0.6) is 0 Å². The summed E-state index contributed by atoms with van der Waals surface area (Å²) in [4.78, 5) is 12.5. The van der Waals surface area contributed by atoms with E-state index in [1.807, 2.05) is 36.7 Å². The van der Waals surface area contributed by atoms with Crippen molar-refractivity contribution in [1.29, 1.82) is 0 Å². The fourth-order valence-electron chi connectivity index (χ4n) is 3.73. The maximum atomic E-state index is 13.2. The molecule has 4 rings (SSSR count). The van der Waals surface area contributed by atoms with Gasteiger partial charge in [-0.25, -0.2) is 0 Å². The van der Waals surface area contributed by atoms with E-state index in [4.69, 9.17) is 11.6 Å². The molecule has 3 aromatic rings. The van der Waals surface area contributed by atoms with Crippen LogP contribution in [0.2, 0.25) is 5.02 Å². The van der Waals surface area contributed by atoms with Crippen molar-refractivity contribution in [2.45, 2.75) is 58.3 Å². The van der Waals surface area contributed by atoms with Crippen molar-refractivity contribution in [3.63, 3.8) is 0 Å². The first-order valence-corrected chi connectivity index (χ1v) is 11.6. The van der Waals surface area contributed by atoms with Gasteiger partial charge in [0.1, 0.15) is 0 Å². The third kappa shape index (κ3) is 5.27. The van der Waals surface area contributed by atoms with Crippen LogP contribution in [0.25, 0.3) is 0 Å². The van der Waals surface area contributed by atoms with Gasteiger partial charge in [-0.2, -0.15) is 23.4 Å². The lowest BCUT2D eigenvalue weighted by Crippen LogP contribution is -2.17. The third-order valence-electron chi connectivity index (χ3n) is 5.55. The van der Waals surface area contributed by atoms with E-state index >= 15 is 0 Å². The highest BCUT2D eigenvalue weighted by Crippen LogP contribution is 2.46. The maximum absolute atomic E-state index is 13.2. The van der Waals surface area contributed by atoms with Crippen molar-refractivity contribution in [1.82, 2.24) is 19.6 Å². The Morgan fingerprint density at radius 2 is 1.97 bits per heavy atom. The molecule has 176 valence electrons. The fraction of sp³-hybridized carbons (Fsp3) is 0.409. The minimum Gasteiger partial charge on any atom is -0.326 e. The molecular weight excluding hydrogens is 523 g/mol. The molecule has 0 bridgehead atoms. The summed E-state index contributed by atoms with van der Waals surface area (Å²) in [6.07, 6.45) is -3.11. The molecule has 2 heterocycles. The van der Waals surface area contributed by atoms with Gasteiger partial charge in [0.05, 0.1) is 39.7 Å². The first-order chi connectivity index (χ1) is 15.5. The molecule has 1 aromatic carbocycles. The number of amides is 1. The summed E-state index contributed by atoms with van der Waals surface area (Å²) < 4.78 is 43.7. The highest BCUT2D eigenvalue weighted by Gasteiger charge is 2.42. The molecule has 1 N–H and O–H groups in total. The van der Waals surface area contributed by atoms with Crippen LogP contribution >= 0.6 is 27.5 Å². The smallest absolute Gasteiger partial charge is 0.326 e. The van der Waals surface area contributed by atoms with Gasteiger partial charge < -0.3 is 5.32 Å². The molecule has 11 heteroatoms. The number of aromatic nitrogens is 4. The monoisotopic (exact) mass is 543 g/mol. The summed E-state index contributed by atoms with van der Waals surface area (Å²) in [6, 6.07) is 7.39. The number of alkyl halides is 3. The molecule has 1 aliphatic carbocycles. The van der Waals surface area contributed by atoms with Gasteiger partial charge in [0, 0.05) is 18.0 Å². The third-order valence-corrected chi connectivity index (χ3v) is 7.07. The molecule has 1 amide bonds. The van der Waals surface area contributed by atoms with E-state index in [1.165, 1.54) is 4.68 Å². The second-order valence-electron chi connectivity index (χ2n) is 8.18. The predicted octanol–water partition coefficient (Wildman–Crippen LogP) is 6.09. The summed E-state index contributed by atoms with van der Waals surface area (Å²) in [5.74, 6) is -0.349. The molecule has 0 radical (unpaired) electrons. The van der Waals surface area contributed by atoms with Gasteiger partial charge in [-0.05, 0) is 60.3 Å². The predicted molar refractivity (Wildman–Crippen MR) is 122 cm³/mol. The minimum atomic E-state index is -4.63. The Bertz CT molecular complexity index is 1200. The summed E-state index contributed by atoms with van der Waals surface area (Å²) in [7, 11) is 0. The van der Waals surface area contributed by atoms with Gasteiger partial charge in [0.25, 0.3) is 0 Å². The van der Waals surface area contributed by atoms with E-state index in [-0.39, 0.29) is 29.8 Å². The van der Waals surface area contributed by atoms with E-state index in [2.05, 4.69) is 31.4 Å². The normalized spacial score (nSPS) is 14.0. The number of hydrogen-bond donors (Lipinski definition) is 1. The lowest BCUT2D eigenvalue weighted by atomic mass is 10.2. The summed E-state index contributed by atoms with van der Waals surface area (Å²) in [5, 5.41) is 10.6. The Hall–Kier alpha value is -2.33. The van der Waals surface area contributed by atoms with Gasteiger partial charge in [-0.15, -0.1) is 0 Å². The Morgan fingerprint density at radius 3 is 2.58 bits per heavy atom. The molecule has 0 atom stereocenters. The standard InChI is InChI=1S/C22H22BrClF3N5O/c1-12-18(23)13(2)32(29-12)11-14-4-3-5-16(10-14)28-17(33)8-9-31-20(15-6-7-15)19(24)21(30-31)22(25,26)27/h3-5,10,15H,6-9,11H2,1-2H3,(H,28,33). The molecular formula is C22H22BrClF3N5O. The van der Waals surface area contributed by atoms with Crippen LogP contribution in [0.4, 0.5) is 18.9 Å². The van der Waals surface area contributed by atoms with E-state index in [9.17, 15) is 18.0 Å². The lowest BCUT2D eigenvalue weighted by Gasteiger charge is -2.10. The zero-order valence-corrected chi connectivity index (χ0v) is 20.4. The number of carbonyl (C=O) groups excluding carboxylic acids is 1. The first-order valence-electron chi connectivity index (χ1n) is 10.5. The Kier molecular flexibility index (Phi) is 6.59. The molecule has 0 saturated heterocycles. The van der Waals surface area contributed by atoms with Gasteiger partial charge in [-0.1, -0.05) is 23.7 Å². The number of nitrogens with one attached hydrogen (secondary N) is 1. The summed E-state index contributed by atoms with van der Waals surface area (Å²) in [6.45, 7) is 4.45. The maximum Gasteiger partial charge on any atom is 0.436 e. The second kappa shape index (κ2) is 9.13. The molecule has 0 unspecified atom stereocenters. The Morgan fingerprint density at radius 1 is 1.24 bits per heavy atom. The van der Waals surface area contributed by atoms with Crippen molar-refractivity contribution in [3.05, 3.63) is 62.1 Å². The number of hydrogen-bond acceptors (Lipinski definition) is 3. The van der Waals surface area contributed by atoms with Crippen molar-refractivity contribution < 1.29 is 18.0 Å². The number of anilines is 1. The molecule has 6 nitrogen and oxygen atoms in total. The molecule has 0 spiro atoms. The van der Waals surface area contributed by atoms with Crippen LogP contribution in [0.3, 0.4) is 0 Å². The van der Waals surface area contributed by atoms with Crippen molar-refractivity contribution >= 4 is 39.1 Å². The van der Waals surface area contributed by atoms with Gasteiger partial charge >= 0.3 is 6.18 Å². The largest absolute Gasteiger partial charge is 0.436 e. The number of carbonyl (C=O) groups is 1. The van der Waals surface area contributed by atoms with E-state index in [0.29, 0.717) is 17.9 Å². The Labute approximate surface area is 202 Å². The highest BCUT2D eigenvalue weighted by molar-refractivity contribution is 9.10. The summed E-state index contributed by atoms with van der Waals surface area (Å²) >= 11 is 9.50. The average Bonchev–Trinajstić information content (AvgIpc) is 3.47. The van der Waals surface area contributed by atoms with Gasteiger partial charge in [0.2, 0.25) is 5.91 Å². The number of benzene rings is 1. The van der Waals surface area contributed by atoms with E-state index < -0.39 is 11.9 Å². The zero-order chi connectivity index (χ0) is 23.9. The fourth-order valence-corrected chi connectivity index (χ4v) is 4.41. The quantitative estimate of drug-likeness (QED) is 0.392. The van der Waals surface area contributed by atoms with Crippen molar-refractivity contribution in [3.8, 4) is 0 Å². The van der Waals surface area contributed by atoms with Crippen LogP contribution in [-0.2, 0) is 24.1 Å². The van der Waals surface area contributed by atoms with Crippen molar-refractivity contribution in [2.24, 2.45) is 0 Å². The molecule has 2 aromatic heterocycles. The van der Waals surface area contributed by atoms with Crippen LogP contribution in [0.15, 0.2) is 28.7 Å². The van der Waals surface area contributed by atoms with Gasteiger partial charge in [0.15, 0.2) is 5.69 Å². The van der Waals surface area contributed by atoms with Gasteiger partial charge in [-0.3, -0.25) is 14.2 Å². The van der Waals surface area contributed by atoms with Crippen LogP contribution in [0, 0.1) is 13.8 Å². The van der Waals surface area contributed by atoms with Crippen LogP contribution in [0.1, 0.15) is 53.5 Å². The van der Waals surface area contributed by atoms with Crippen LogP contribution in [-0.4, -0.2) is 25.5 Å². The second-order valence-corrected chi connectivity index (χ2v) is 9.35. The summed E-state index contributed by atoms with van der Waals surface area (Å²) in [5.41, 5.74) is 2.75. The highest BCUT2D eigenvalue weighted by atomic mass is 79.9. The molecule has 1 aliphatic rings. The average molecular weight is 545 g/mol. The molecule has 1 saturated carbocycles. The van der Waals surface area contributed by atoms with Crippen LogP contribution < -0.4 is 5.32 Å². The molecule has 1 fully saturated rings. The van der Waals surface area contributed by atoms with E-state index in [1.54, 1.807) is 6.07 Å². The number of halogens is 5. The number of aryl methyl sites for hydroxylation is 2. The minimum absolute atomic E-state index is 0.0208. The molecule has 33 heavy (non-hydrogen) atoms. The molecule has 0 aliphatic heterocycles. The topological polar surface area (TPSA) is 64.7 Å². The lowest BCUT2D eigenvalue weighted by molar-refractivity contribution is -0.141. The van der Waals surface area contributed by atoms with Crippen molar-refractivity contribution in [2.75, 3.05) is 5.32 Å².